The van der Waals surface area contributed by atoms with Crippen LogP contribution in [0.2, 0.25) is 10.0 Å². The Kier molecular flexibility index (Phi) is 9.06. The van der Waals surface area contributed by atoms with E-state index in [0.29, 0.717) is 30.6 Å². The first-order valence-electron chi connectivity index (χ1n) is 12.1. The van der Waals surface area contributed by atoms with Crippen molar-refractivity contribution in [1.29, 1.82) is 0 Å². The van der Waals surface area contributed by atoms with E-state index in [1.807, 2.05) is 36.4 Å². The van der Waals surface area contributed by atoms with Gasteiger partial charge in [-0.25, -0.2) is 9.59 Å². The lowest BCUT2D eigenvalue weighted by atomic mass is 9.95. The Morgan fingerprint density at radius 2 is 1.64 bits per heavy atom. The fourth-order valence-corrected chi connectivity index (χ4v) is 4.95. The molecule has 1 aliphatic heterocycles. The van der Waals surface area contributed by atoms with Crippen LogP contribution in [0.25, 0.3) is 0 Å². The number of hydrogen-bond acceptors (Lipinski definition) is 5. The second-order valence-electron chi connectivity index (χ2n) is 8.90. The third-order valence-electron chi connectivity index (χ3n) is 6.21. The van der Waals surface area contributed by atoms with E-state index >= 15 is 0 Å². The minimum absolute atomic E-state index is 0.0296. The van der Waals surface area contributed by atoms with Gasteiger partial charge in [0.1, 0.15) is 12.6 Å². The molecule has 1 atom stereocenters. The summed E-state index contributed by atoms with van der Waals surface area (Å²) >= 11 is 13.1. The highest BCUT2D eigenvalue weighted by Crippen LogP contribution is 2.35. The quantitative estimate of drug-likeness (QED) is 0.339. The van der Waals surface area contributed by atoms with Gasteiger partial charge in [-0.15, -0.1) is 0 Å². The normalized spacial score (nSPS) is 13.3. The average Bonchev–Trinajstić information content (AvgIpc) is 2.92. The Hall–Kier alpha value is -4.08. The van der Waals surface area contributed by atoms with Gasteiger partial charge < -0.3 is 26.0 Å². The van der Waals surface area contributed by atoms with E-state index in [1.165, 1.54) is 6.07 Å². The number of benzene rings is 3. The van der Waals surface area contributed by atoms with Crippen molar-refractivity contribution in [1.82, 2.24) is 15.5 Å². The van der Waals surface area contributed by atoms with Gasteiger partial charge in [0.2, 0.25) is 0 Å². The Bertz CT molecular complexity index is 1390. The van der Waals surface area contributed by atoms with Crippen LogP contribution in [-0.2, 0) is 29.1 Å². The molecule has 0 radical (unpaired) electrons. The van der Waals surface area contributed by atoms with Crippen molar-refractivity contribution in [3.8, 4) is 0 Å². The molecule has 0 fully saturated rings. The Morgan fingerprint density at radius 3 is 2.28 bits per heavy atom. The van der Waals surface area contributed by atoms with E-state index in [4.69, 9.17) is 33.7 Å². The van der Waals surface area contributed by atoms with Gasteiger partial charge in [0.15, 0.2) is 0 Å². The van der Waals surface area contributed by atoms with Crippen LogP contribution in [-0.4, -0.2) is 47.8 Å². The van der Waals surface area contributed by atoms with E-state index in [1.54, 1.807) is 29.2 Å². The van der Waals surface area contributed by atoms with Crippen molar-refractivity contribution in [3.05, 3.63) is 105 Å². The standard InChI is InChI=1S/C28H26Cl2N4O5/c29-21-13-20-19(11-12-34(26(20)36)15-17-7-3-1-4-8-17)24(30)23(21)25(35)33-22(14-32-28(31)38)27(37)39-16-18-9-5-2-6-10-18/h1-10,13,22H,11-12,14-16H2,(H,33,35)(H3,31,32,38)/t22-/m0/s1. The average molecular weight is 569 g/mol. The van der Waals surface area contributed by atoms with Crippen LogP contribution in [0.15, 0.2) is 66.7 Å². The number of nitrogens with two attached hydrogens (primary N) is 1. The molecule has 0 unspecified atom stereocenters. The fraction of sp³-hybridized carbons (Fsp3) is 0.214. The molecular weight excluding hydrogens is 543 g/mol. The number of ether oxygens (including phenoxy) is 1. The molecular formula is C28H26Cl2N4O5. The zero-order chi connectivity index (χ0) is 27.9. The number of primary amides is 1. The van der Waals surface area contributed by atoms with Crippen molar-refractivity contribution in [3.63, 3.8) is 0 Å². The molecule has 0 bridgehead atoms. The van der Waals surface area contributed by atoms with Gasteiger partial charge in [0.05, 0.1) is 22.2 Å². The Balaban J connectivity index is 1.51. The molecule has 0 aromatic heterocycles. The summed E-state index contributed by atoms with van der Waals surface area (Å²) in [5.41, 5.74) is 7.61. The van der Waals surface area contributed by atoms with Crippen molar-refractivity contribution in [2.75, 3.05) is 13.1 Å². The number of nitrogens with zero attached hydrogens (tertiary/aromatic N) is 1. The summed E-state index contributed by atoms with van der Waals surface area (Å²) in [6.45, 7) is 0.475. The molecule has 4 rings (SSSR count). The highest BCUT2D eigenvalue weighted by atomic mass is 35.5. The van der Waals surface area contributed by atoms with E-state index in [2.05, 4.69) is 10.6 Å². The van der Waals surface area contributed by atoms with E-state index in [-0.39, 0.29) is 34.7 Å². The molecule has 4 amide bonds. The molecule has 4 N–H and O–H groups in total. The zero-order valence-electron chi connectivity index (χ0n) is 20.8. The van der Waals surface area contributed by atoms with Gasteiger partial charge in [0, 0.05) is 18.7 Å². The number of nitrogens with one attached hydrogen (secondary N) is 2. The lowest BCUT2D eigenvalue weighted by Gasteiger charge is -2.30. The SMILES string of the molecule is NC(=O)NC[C@H](NC(=O)c1c(Cl)cc2c(c1Cl)CCN(Cc1ccccc1)C2=O)C(=O)OCc1ccccc1. The number of halogens is 2. The molecule has 1 aliphatic rings. The molecule has 3 aromatic carbocycles. The summed E-state index contributed by atoms with van der Waals surface area (Å²) in [6, 6.07) is 17.8. The number of hydrogen-bond donors (Lipinski definition) is 3. The van der Waals surface area contributed by atoms with Crippen LogP contribution in [0.3, 0.4) is 0 Å². The first kappa shape index (κ1) is 27.9. The smallest absolute Gasteiger partial charge is 0.330 e. The molecule has 0 saturated heterocycles. The predicted molar refractivity (Wildman–Crippen MR) is 146 cm³/mol. The van der Waals surface area contributed by atoms with Crippen molar-refractivity contribution >= 4 is 47.0 Å². The second-order valence-corrected chi connectivity index (χ2v) is 9.69. The highest BCUT2D eigenvalue weighted by Gasteiger charge is 2.32. The summed E-state index contributed by atoms with van der Waals surface area (Å²) in [4.78, 5) is 52.2. The first-order valence-corrected chi connectivity index (χ1v) is 12.9. The van der Waals surface area contributed by atoms with Crippen LogP contribution in [0.1, 0.15) is 37.4 Å². The Morgan fingerprint density at radius 1 is 1.00 bits per heavy atom. The lowest BCUT2D eigenvalue weighted by Crippen LogP contribution is -2.50. The molecule has 0 aliphatic carbocycles. The third-order valence-corrected chi connectivity index (χ3v) is 6.92. The summed E-state index contributed by atoms with van der Waals surface area (Å²) in [5.74, 6) is -1.80. The maximum Gasteiger partial charge on any atom is 0.330 e. The van der Waals surface area contributed by atoms with Gasteiger partial charge in [-0.05, 0) is 29.2 Å². The molecule has 202 valence electrons. The zero-order valence-corrected chi connectivity index (χ0v) is 22.3. The monoisotopic (exact) mass is 568 g/mol. The summed E-state index contributed by atoms with van der Waals surface area (Å²) in [6.07, 6.45) is 0.413. The maximum atomic E-state index is 13.3. The summed E-state index contributed by atoms with van der Waals surface area (Å²) in [7, 11) is 0. The van der Waals surface area contributed by atoms with E-state index in [9.17, 15) is 19.2 Å². The third kappa shape index (κ3) is 6.87. The number of carbonyl (C=O) groups excluding carboxylic acids is 4. The minimum Gasteiger partial charge on any atom is -0.459 e. The number of urea groups is 1. The van der Waals surface area contributed by atoms with Gasteiger partial charge in [-0.2, -0.15) is 0 Å². The summed E-state index contributed by atoms with van der Waals surface area (Å²) < 4.78 is 5.32. The highest BCUT2D eigenvalue weighted by molar-refractivity contribution is 6.41. The molecule has 9 nitrogen and oxygen atoms in total. The predicted octanol–water partition coefficient (Wildman–Crippen LogP) is 3.70. The van der Waals surface area contributed by atoms with Crippen molar-refractivity contribution < 1.29 is 23.9 Å². The van der Waals surface area contributed by atoms with Crippen molar-refractivity contribution in [2.45, 2.75) is 25.6 Å². The van der Waals surface area contributed by atoms with Crippen LogP contribution < -0.4 is 16.4 Å². The molecule has 1 heterocycles. The first-order chi connectivity index (χ1) is 18.7. The van der Waals surface area contributed by atoms with Gasteiger partial charge in [-0.1, -0.05) is 83.9 Å². The number of esters is 1. The number of rotatable bonds is 9. The maximum absolute atomic E-state index is 13.3. The number of carbonyl (C=O) groups is 4. The van der Waals surface area contributed by atoms with E-state index < -0.39 is 23.9 Å². The van der Waals surface area contributed by atoms with Crippen LogP contribution in [0.5, 0.6) is 0 Å². The minimum atomic E-state index is -1.28. The molecule has 11 heteroatoms. The largest absolute Gasteiger partial charge is 0.459 e. The fourth-order valence-electron chi connectivity index (χ4n) is 4.23. The number of amides is 4. The topological polar surface area (TPSA) is 131 Å². The lowest BCUT2D eigenvalue weighted by molar-refractivity contribution is -0.147. The van der Waals surface area contributed by atoms with Crippen LogP contribution >= 0.6 is 23.2 Å². The van der Waals surface area contributed by atoms with E-state index in [0.717, 1.165) is 11.1 Å². The van der Waals surface area contributed by atoms with Gasteiger partial charge >= 0.3 is 12.0 Å². The number of fused-ring (bicyclic) bond motifs is 1. The van der Waals surface area contributed by atoms with Crippen LogP contribution in [0, 0.1) is 0 Å². The van der Waals surface area contributed by atoms with Crippen LogP contribution in [0.4, 0.5) is 4.79 Å². The molecule has 0 spiro atoms. The molecule has 39 heavy (non-hydrogen) atoms. The summed E-state index contributed by atoms with van der Waals surface area (Å²) in [5, 5.41) is 4.80. The van der Waals surface area contributed by atoms with Gasteiger partial charge in [-0.3, -0.25) is 9.59 Å². The van der Waals surface area contributed by atoms with Crippen molar-refractivity contribution in [2.24, 2.45) is 5.73 Å². The molecule has 3 aromatic rings. The Labute approximate surface area is 235 Å². The molecule has 0 saturated carbocycles. The second kappa shape index (κ2) is 12.6. The van der Waals surface area contributed by atoms with Gasteiger partial charge in [0.25, 0.3) is 11.8 Å².